The van der Waals surface area contributed by atoms with Crippen molar-refractivity contribution in [1.82, 2.24) is 9.80 Å². The minimum absolute atomic E-state index is 0.0971. The monoisotopic (exact) mass is 565 g/mol. The molecule has 5 rings (SSSR count). The highest BCUT2D eigenvalue weighted by Crippen LogP contribution is 2.48. The molecule has 3 aliphatic heterocycles. The van der Waals surface area contributed by atoms with E-state index in [1.807, 2.05) is 24.3 Å². The van der Waals surface area contributed by atoms with Crippen molar-refractivity contribution in [3.63, 3.8) is 0 Å². The van der Waals surface area contributed by atoms with Crippen LogP contribution in [0.5, 0.6) is 34.5 Å². The van der Waals surface area contributed by atoms with Crippen LogP contribution in [-0.4, -0.2) is 77.3 Å². The Morgan fingerprint density at radius 3 is 1.93 bits per heavy atom. The van der Waals surface area contributed by atoms with Crippen molar-refractivity contribution in [3.8, 4) is 34.5 Å². The molecule has 212 valence electrons. The van der Waals surface area contributed by atoms with E-state index in [1.54, 1.807) is 54.4 Å². The summed E-state index contributed by atoms with van der Waals surface area (Å²) in [4.78, 5) is 9.82. The third-order valence-corrected chi connectivity index (χ3v) is 8.08. The largest absolute Gasteiger partial charge is 0.493 e. The molecule has 1 atom stereocenters. The molecule has 40 heavy (non-hydrogen) atoms. The number of thioether (sulfide) groups is 1. The van der Waals surface area contributed by atoms with Gasteiger partial charge in [-0.05, 0) is 64.6 Å². The number of ether oxygens (including phenoxy) is 6. The average Bonchev–Trinajstić information content (AvgIpc) is 3.46. The van der Waals surface area contributed by atoms with Gasteiger partial charge in [0.15, 0.2) is 28.2 Å². The van der Waals surface area contributed by atoms with Gasteiger partial charge in [0, 0.05) is 19.3 Å². The van der Waals surface area contributed by atoms with E-state index < -0.39 is 0 Å². The number of methoxy groups -OCH3 is 6. The minimum Gasteiger partial charge on any atom is -0.493 e. The van der Waals surface area contributed by atoms with Crippen LogP contribution in [0.15, 0.2) is 57.7 Å². The summed E-state index contributed by atoms with van der Waals surface area (Å²) >= 11 is 1.62. The van der Waals surface area contributed by atoms with Crippen molar-refractivity contribution in [1.29, 1.82) is 0 Å². The van der Waals surface area contributed by atoms with Crippen LogP contribution in [0, 0.1) is 0 Å². The van der Waals surface area contributed by atoms with Crippen LogP contribution < -0.4 is 28.4 Å². The number of hydrogen-bond acceptors (Lipinski definition) is 10. The van der Waals surface area contributed by atoms with Gasteiger partial charge in [0.2, 0.25) is 11.5 Å². The van der Waals surface area contributed by atoms with E-state index in [9.17, 15) is 0 Å². The van der Waals surface area contributed by atoms with Crippen molar-refractivity contribution in [3.05, 3.63) is 63.8 Å². The molecular formula is C30H35N3O6S. The highest BCUT2D eigenvalue weighted by Gasteiger charge is 2.39. The lowest BCUT2D eigenvalue weighted by atomic mass is 9.88. The second-order valence-electron chi connectivity index (χ2n) is 9.37. The summed E-state index contributed by atoms with van der Waals surface area (Å²) in [5.74, 6) is 3.60. The van der Waals surface area contributed by atoms with Crippen LogP contribution in [0.1, 0.15) is 24.1 Å². The van der Waals surface area contributed by atoms with E-state index >= 15 is 0 Å². The summed E-state index contributed by atoms with van der Waals surface area (Å²) in [5, 5.41) is 3.00. The Kier molecular flexibility index (Phi) is 8.18. The fourth-order valence-corrected chi connectivity index (χ4v) is 6.17. The van der Waals surface area contributed by atoms with E-state index in [4.69, 9.17) is 33.4 Å². The quantitative estimate of drug-likeness (QED) is 0.400. The number of likely N-dealkylation sites (N-methyl/N-ethyl adjacent to an activating group) is 1. The maximum atomic E-state index is 5.71. The first-order chi connectivity index (χ1) is 19.5. The maximum absolute atomic E-state index is 5.71. The lowest BCUT2D eigenvalue weighted by Crippen LogP contribution is -2.41. The zero-order valence-corrected chi connectivity index (χ0v) is 24.8. The Bertz CT molecular complexity index is 1370. The first-order valence-electron chi connectivity index (χ1n) is 13.0. The van der Waals surface area contributed by atoms with Crippen molar-refractivity contribution in [2.45, 2.75) is 13.0 Å². The molecule has 2 aromatic carbocycles. The third kappa shape index (κ3) is 4.86. The standard InChI is InChI=1S/C30H35N3O6S/c1-8-32-16-20(11-18-12-22(34-2)28(38-6)23(13-18)35-3)26-21(17-32)27(33-9-10-40-30(33)31-26)19-14-24(36-4)29(39-7)25(15-19)37-5/h9-15,27H,8,16-17H2,1-7H3/b20-11+. The smallest absolute Gasteiger partial charge is 0.203 e. The number of benzene rings is 2. The number of nitrogens with zero attached hydrogens (tertiary/aromatic N) is 3. The lowest BCUT2D eigenvalue weighted by Gasteiger charge is -2.41. The molecule has 0 fully saturated rings. The van der Waals surface area contributed by atoms with Crippen LogP contribution in [0.25, 0.3) is 6.08 Å². The van der Waals surface area contributed by atoms with Gasteiger partial charge < -0.3 is 33.3 Å². The zero-order chi connectivity index (χ0) is 28.4. The lowest BCUT2D eigenvalue weighted by molar-refractivity contribution is 0.300. The number of rotatable bonds is 9. The summed E-state index contributed by atoms with van der Waals surface area (Å²) < 4.78 is 33.8. The van der Waals surface area contributed by atoms with Gasteiger partial charge >= 0.3 is 0 Å². The number of aliphatic imine (C=N–C) groups is 1. The highest BCUT2D eigenvalue weighted by molar-refractivity contribution is 8.16. The van der Waals surface area contributed by atoms with E-state index in [0.29, 0.717) is 34.5 Å². The zero-order valence-electron chi connectivity index (χ0n) is 23.9. The van der Waals surface area contributed by atoms with Gasteiger partial charge in [-0.25, -0.2) is 4.99 Å². The minimum atomic E-state index is -0.0971. The molecule has 9 nitrogen and oxygen atoms in total. The molecule has 10 heteroatoms. The molecule has 0 spiro atoms. The normalized spacial score (nSPS) is 19.3. The van der Waals surface area contributed by atoms with Crippen molar-refractivity contribution in [2.24, 2.45) is 4.99 Å². The number of amidine groups is 1. The fourth-order valence-electron chi connectivity index (χ4n) is 5.42. The van der Waals surface area contributed by atoms with Crippen LogP contribution in [0.3, 0.4) is 0 Å². The Hall–Kier alpha value is -3.76. The summed E-state index contributed by atoms with van der Waals surface area (Å²) in [6.07, 6.45) is 4.26. The van der Waals surface area contributed by atoms with Crippen molar-refractivity contribution >= 4 is 23.0 Å². The molecular weight excluding hydrogens is 530 g/mol. The summed E-state index contributed by atoms with van der Waals surface area (Å²) in [7, 11) is 9.76. The SMILES string of the molecule is CCN1CC2=C(N=C3SC=CN3C2c2cc(OC)c(OC)c(OC)c2)/C(=C/c2cc(OC)c(OC)c(OC)c2)C1. The summed E-state index contributed by atoms with van der Waals surface area (Å²) in [6, 6.07) is 7.89. The van der Waals surface area contributed by atoms with E-state index in [-0.39, 0.29) is 6.04 Å². The summed E-state index contributed by atoms with van der Waals surface area (Å²) in [5.41, 5.74) is 5.30. The molecule has 0 aromatic heterocycles. The topological polar surface area (TPSA) is 74.2 Å². The van der Waals surface area contributed by atoms with Gasteiger partial charge in [-0.1, -0.05) is 18.7 Å². The molecule has 0 saturated heterocycles. The molecule has 2 aromatic rings. The predicted octanol–water partition coefficient (Wildman–Crippen LogP) is 5.34. The fraction of sp³-hybridized carbons (Fsp3) is 0.367. The molecule has 0 aliphatic carbocycles. The Balaban J connectivity index is 1.69. The summed E-state index contributed by atoms with van der Waals surface area (Å²) in [6.45, 7) is 4.63. The molecule has 0 N–H and O–H groups in total. The number of hydrogen-bond donors (Lipinski definition) is 0. The second-order valence-corrected chi connectivity index (χ2v) is 10.2. The first kappa shape index (κ1) is 27.8. The Morgan fingerprint density at radius 1 is 0.825 bits per heavy atom. The van der Waals surface area contributed by atoms with Gasteiger partial charge in [0.05, 0.1) is 54.4 Å². The van der Waals surface area contributed by atoms with Crippen LogP contribution in [-0.2, 0) is 0 Å². The van der Waals surface area contributed by atoms with Gasteiger partial charge in [-0.2, -0.15) is 0 Å². The molecule has 1 unspecified atom stereocenters. The third-order valence-electron chi connectivity index (χ3n) is 7.31. The van der Waals surface area contributed by atoms with E-state index in [2.05, 4.69) is 34.4 Å². The predicted molar refractivity (Wildman–Crippen MR) is 158 cm³/mol. The van der Waals surface area contributed by atoms with Gasteiger partial charge in [0.25, 0.3) is 0 Å². The molecule has 0 amide bonds. The highest BCUT2D eigenvalue weighted by atomic mass is 32.2. The second kappa shape index (κ2) is 11.8. The number of fused-ring (bicyclic) bond motifs is 1. The van der Waals surface area contributed by atoms with Crippen molar-refractivity contribution < 1.29 is 28.4 Å². The van der Waals surface area contributed by atoms with Crippen LogP contribution in [0.4, 0.5) is 0 Å². The van der Waals surface area contributed by atoms with Gasteiger partial charge in [-0.3, -0.25) is 4.90 Å². The van der Waals surface area contributed by atoms with Crippen LogP contribution in [0.2, 0.25) is 0 Å². The molecule has 0 radical (unpaired) electrons. The Morgan fingerprint density at radius 2 is 1.40 bits per heavy atom. The first-order valence-corrected chi connectivity index (χ1v) is 13.8. The Labute approximate surface area is 239 Å². The molecule has 3 aliphatic rings. The van der Waals surface area contributed by atoms with E-state index in [0.717, 1.165) is 47.2 Å². The molecule has 0 saturated carbocycles. The van der Waals surface area contributed by atoms with Gasteiger partial charge in [0.1, 0.15) is 0 Å². The molecule has 0 bridgehead atoms. The van der Waals surface area contributed by atoms with Gasteiger partial charge in [-0.15, -0.1) is 0 Å². The maximum Gasteiger partial charge on any atom is 0.203 e. The van der Waals surface area contributed by atoms with Crippen LogP contribution >= 0.6 is 11.8 Å². The average molecular weight is 566 g/mol. The van der Waals surface area contributed by atoms with E-state index in [1.165, 1.54) is 5.57 Å². The van der Waals surface area contributed by atoms with Crippen molar-refractivity contribution in [2.75, 3.05) is 62.3 Å². The molecule has 3 heterocycles.